The topological polar surface area (TPSA) is 42.6 Å². The molecule has 0 atom stereocenters. The Morgan fingerprint density at radius 2 is 1.74 bits per heavy atom. The molecule has 1 heterocycles. The Morgan fingerprint density at radius 1 is 0.957 bits per heavy atom. The lowest BCUT2D eigenvalue weighted by atomic mass is 10.1. The number of methoxy groups -OCH3 is 2. The van der Waals surface area contributed by atoms with Crippen LogP contribution in [-0.2, 0) is 13.0 Å². The first kappa shape index (κ1) is 15.2. The van der Waals surface area contributed by atoms with Crippen LogP contribution in [0, 0.1) is 0 Å². The van der Waals surface area contributed by atoms with Gasteiger partial charge in [-0.1, -0.05) is 12.1 Å². The highest BCUT2D eigenvalue weighted by atomic mass is 16.5. The highest BCUT2D eigenvalue weighted by molar-refractivity contribution is 5.88. The molecule has 0 aliphatic heterocycles. The average molecular weight is 310 g/mol. The summed E-state index contributed by atoms with van der Waals surface area (Å²) in [6, 6.07) is 13.8. The Morgan fingerprint density at radius 3 is 2.43 bits per heavy atom. The summed E-state index contributed by atoms with van der Waals surface area (Å²) in [6.07, 6.45) is 4.89. The van der Waals surface area contributed by atoms with Crippen molar-refractivity contribution < 1.29 is 19.1 Å². The van der Waals surface area contributed by atoms with Gasteiger partial charge >= 0.3 is 0 Å². The standard InChI is InChI=1S/C19H19NO3/c1-22-16-6-3-14(4-7-16)9-11-20-12-10-15-5-8-18(23-2)19(21)17(15)13-20/h3-8,10,12-13H,9,11H2,1-2H3/p+1. The van der Waals surface area contributed by atoms with E-state index in [0.29, 0.717) is 5.75 Å². The monoisotopic (exact) mass is 310 g/mol. The van der Waals surface area contributed by atoms with E-state index in [1.165, 1.54) is 5.56 Å². The molecule has 1 N–H and O–H groups in total. The molecule has 0 aliphatic carbocycles. The van der Waals surface area contributed by atoms with E-state index in [1.807, 2.05) is 36.7 Å². The van der Waals surface area contributed by atoms with E-state index in [4.69, 9.17) is 9.47 Å². The number of phenolic OH excluding ortho intramolecular Hbond substituents is 1. The zero-order valence-corrected chi connectivity index (χ0v) is 13.3. The third-order valence-corrected chi connectivity index (χ3v) is 3.99. The van der Waals surface area contributed by atoms with Crippen LogP contribution < -0.4 is 14.0 Å². The number of pyridine rings is 1. The summed E-state index contributed by atoms with van der Waals surface area (Å²) in [5, 5.41) is 12.0. The number of fused-ring (bicyclic) bond motifs is 1. The molecular weight excluding hydrogens is 290 g/mol. The van der Waals surface area contributed by atoms with Crippen LogP contribution in [-0.4, -0.2) is 19.3 Å². The molecule has 2 aromatic carbocycles. The molecule has 0 saturated heterocycles. The van der Waals surface area contributed by atoms with E-state index in [2.05, 4.69) is 16.7 Å². The number of nitrogens with zero attached hydrogens (tertiary/aromatic N) is 1. The molecule has 0 fully saturated rings. The Labute approximate surface area is 135 Å². The van der Waals surface area contributed by atoms with E-state index in [1.54, 1.807) is 20.3 Å². The molecule has 3 aromatic rings. The predicted octanol–water partition coefficient (Wildman–Crippen LogP) is 3.09. The van der Waals surface area contributed by atoms with Crippen LogP contribution in [0.4, 0.5) is 0 Å². The van der Waals surface area contributed by atoms with Crippen LogP contribution in [0.15, 0.2) is 54.9 Å². The maximum Gasteiger partial charge on any atom is 0.180 e. The van der Waals surface area contributed by atoms with Gasteiger partial charge < -0.3 is 14.6 Å². The fraction of sp³-hybridized carbons (Fsp3) is 0.211. The maximum atomic E-state index is 10.3. The van der Waals surface area contributed by atoms with Crippen molar-refractivity contribution in [2.75, 3.05) is 14.2 Å². The van der Waals surface area contributed by atoms with Crippen LogP contribution in [0.2, 0.25) is 0 Å². The lowest BCUT2D eigenvalue weighted by molar-refractivity contribution is -0.695. The quantitative estimate of drug-likeness (QED) is 0.736. The van der Waals surface area contributed by atoms with Crippen LogP contribution in [0.3, 0.4) is 0 Å². The summed E-state index contributed by atoms with van der Waals surface area (Å²) in [5.41, 5.74) is 1.24. The fourth-order valence-corrected chi connectivity index (χ4v) is 2.62. The third-order valence-electron chi connectivity index (χ3n) is 3.99. The second-order valence-electron chi connectivity index (χ2n) is 5.40. The van der Waals surface area contributed by atoms with E-state index in [0.717, 1.165) is 29.5 Å². The molecule has 0 unspecified atom stereocenters. The average Bonchev–Trinajstić information content (AvgIpc) is 2.61. The number of benzene rings is 2. The number of hydrogen-bond donors (Lipinski definition) is 1. The molecule has 23 heavy (non-hydrogen) atoms. The molecule has 4 heteroatoms. The van der Waals surface area contributed by atoms with Gasteiger partial charge in [-0.15, -0.1) is 0 Å². The van der Waals surface area contributed by atoms with Gasteiger partial charge in [0.05, 0.1) is 19.6 Å². The first-order chi connectivity index (χ1) is 11.2. The van der Waals surface area contributed by atoms with Crippen LogP contribution in [0.5, 0.6) is 17.2 Å². The van der Waals surface area contributed by atoms with Crippen molar-refractivity contribution in [3.8, 4) is 17.2 Å². The highest BCUT2D eigenvalue weighted by Crippen LogP contribution is 2.33. The van der Waals surface area contributed by atoms with E-state index in [9.17, 15) is 5.11 Å². The normalized spacial score (nSPS) is 10.7. The number of aromatic hydroxyl groups is 1. The molecule has 0 bridgehead atoms. The molecule has 0 spiro atoms. The lowest BCUT2D eigenvalue weighted by Crippen LogP contribution is -2.33. The van der Waals surface area contributed by atoms with E-state index in [-0.39, 0.29) is 5.75 Å². The maximum absolute atomic E-state index is 10.3. The van der Waals surface area contributed by atoms with Crippen LogP contribution in [0.25, 0.3) is 10.8 Å². The van der Waals surface area contributed by atoms with E-state index >= 15 is 0 Å². The van der Waals surface area contributed by atoms with Gasteiger partial charge in [-0.2, -0.15) is 0 Å². The lowest BCUT2D eigenvalue weighted by Gasteiger charge is -2.06. The molecule has 0 amide bonds. The smallest absolute Gasteiger partial charge is 0.180 e. The first-order valence-corrected chi connectivity index (χ1v) is 7.53. The van der Waals surface area contributed by atoms with E-state index < -0.39 is 0 Å². The molecular formula is C19H20NO3+. The van der Waals surface area contributed by atoms with Gasteiger partial charge in [0, 0.05) is 12.5 Å². The van der Waals surface area contributed by atoms with Crippen molar-refractivity contribution in [1.29, 1.82) is 0 Å². The van der Waals surface area contributed by atoms with Gasteiger partial charge in [0.2, 0.25) is 0 Å². The largest absolute Gasteiger partial charge is 0.504 e. The fourth-order valence-electron chi connectivity index (χ4n) is 2.62. The molecule has 0 saturated carbocycles. The Kier molecular flexibility index (Phi) is 4.33. The minimum Gasteiger partial charge on any atom is -0.504 e. The summed E-state index contributed by atoms with van der Waals surface area (Å²) < 4.78 is 12.4. The van der Waals surface area contributed by atoms with Crippen molar-refractivity contribution in [3.63, 3.8) is 0 Å². The summed E-state index contributed by atoms with van der Waals surface area (Å²) in [4.78, 5) is 0. The van der Waals surface area contributed by atoms with Gasteiger partial charge in [0.25, 0.3) is 0 Å². The zero-order chi connectivity index (χ0) is 16.2. The molecule has 0 aliphatic rings. The van der Waals surface area contributed by atoms with Gasteiger partial charge in [-0.25, -0.2) is 4.57 Å². The summed E-state index contributed by atoms with van der Waals surface area (Å²) in [6.45, 7) is 0.832. The highest BCUT2D eigenvalue weighted by Gasteiger charge is 2.11. The number of hydrogen-bond acceptors (Lipinski definition) is 3. The summed E-state index contributed by atoms with van der Waals surface area (Å²) in [5.74, 6) is 1.54. The van der Waals surface area contributed by atoms with Crippen LogP contribution >= 0.6 is 0 Å². The molecule has 4 nitrogen and oxygen atoms in total. The summed E-state index contributed by atoms with van der Waals surface area (Å²) >= 11 is 0. The minimum atomic E-state index is 0.184. The second-order valence-corrected chi connectivity index (χ2v) is 5.40. The van der Waals surface area contributed by atoms with Crippen molar-refractivity contribution in [2.45, 2.75) is 13.0 Å². The number of aromatic nitrogens is 1. The molecule has 0 radical (unpaired) electrons. The van der Waals surface area contributed by atoms with Gasteiger partial charge in [0.15, 0.2) is 30.4 Å². The SMILES string of the molecule is COc1ccc(CC[n+]2ccc3ccc(OC)c(O)c3c2)cc1. The van der Waals surface area contributed by atoms with Crippen molar-refractivity contribution >= 4 is 10.8 Å². The molecule has 1 aromatic heterocycles. The number of rotatable bonds is 5. The summed E-state index contributed by atoms with van der Waals surface area (Å²) in [7, 11) is 3.22. The Bertz CT molecular complexity index is 813. The molecule has 118 valence electrons. The Hall–Kier alpha value is -2.75. The minimum absolute atomic E-state index is 0.184. The zero-order valence-electron chi connectivity index (χ0n) is 13.3. The van der Waals surface area contributed by atoms with Gasteiger partial charge in [-0.05, 0) is 35.2 Å². The second kappa shape index (κ2) is 6.57. The predicted molar refractivity (Wildman–Crippen MR) is 89.1 cm³/mol. The Balaban J connectivity index is 1.81. The van der Waals surface area contributed by atoms with Gasteiger partial charge in [0.1, 0.15) is 5.75 Å². The molecule has 3 rings (SSSR count). The number of ether oxygens (including phenoxy) is 2. The first-order valence-electron chi connectivity index (χ1n) is 7.53. The van der Waals surface area contributed by atoms with Gasteiger partial charge in [-0.3, -0.25) is 0 Å². The van der Waals surface area contributed by atoms with Crippen molar-refractivity contribution in [1.82, 2.24) is 0 Å². The van der Waals surface area contributed by atoms with Crippen molar-refractivity contribution in [3.05, 3.63) is 60.4 Å². The number of phenols is 1. The third kappa shape index (κ3) is 3.21. The number of aryl methyl sites for hydroxylation is 2. The van der Waals surface area contributed by atoms with Crippen LogP contribution in [0.1, 0.15) is 5.56 Å². The van der Waals surface area contributed by atoms with Crippen molar-refractivity contribution in [2.24, 2.45) is 0 Å².